The molecule has 7 heteroatoms. The summed E-state index contributed by atoms with van der Waals surface area (Å²) in [5, 5.41) is 31.8. The zero-order chi connectivity index (χ0) is 23.4. The van der Waals surface area contributed by atoms with Crippen LogP contribution < -0.4 is 4.74 Å². The van der Waals surface area contributed by atoms with Crippen molar-refractivity contribution in [3.63, 3.8) is 0 Å². The number of rotatable bonds is 7. The summed E-state index contributed by atoms with van der Waals surface area (Å²) < 4.78 is 11.8. The number of aliphatic hydroxyl groups excluding tert-OH is 3. The van der Waals surface area contributed by atoms with Crippen LogP contribution in [0.1, 0.15) is 49.0 Å². The van der Waals surface area contributed by atoms with E-state index in [0.717, 1.165) is 41.8 Å². The average Bonchev–Trinajstić information content (AvgIpc) is 2.80. The fourth-order valence-electron chi connectivity index (χ4n) is 4.79. The zero-order valence-corrected chi connectivity index (χ0v) is 19.8. The Bertz CT molecular complexity index is 908. The Balaban J connectivity index is 1.47. The quantitative estimate of drug-likeness (QED) is 0.569. The summed E-state index contributed by atoms with van der Waals surface area (Å²) in [7, 11) is 0. The van der Waals surface area contributed by atoms with Crippen LogP contribution in [0, 0.1) is 0 Å². The van der Waals surface area contributed by atoms with Crippen molar-refractivity contribution in [2.75, 3.05) is 26.2 Å². The van der Waals surface area contributed by atoms with Gasteiger partial charge in [0.25, 0.3) is 0 Å². The van der Waals surface area contributed by atoms with Gasteiger partial charge in [-0.1, -0.05) is 35.9 Å². The Kier molecular flexibility index (Phi) is 8.28. The number of piperidine rings is 1. The van der Waals surface area contributed by atoms with E-state index in [0.29, 0.717) is 37.6 Å². The maximum Gasteiger partial charge on any atom is 0.119 e. The molecule has 2 heterocycles. The van der Waals surface area contributed by atoms with Gasteiger partial charge < -0.3 is 24.8 Å². The first-order valence-electron chi connectivity index (χ1n) is 11.8. The maximum absolute atomic E-state index is 10.6. The highest BCUT2D eigenvalue weighted by atomic mass is 35.5. The van der Waals surface area contributed by atoms with Gasteiger partial charge in [0.1, 0.15) is 11.9 Å². The Morgan fingerprint density at radius 1 is 1.12 bits per heavy atom. The van der Waals surface area contributed by atoms with Crippen LogP contribution in [-0.4, -0.2) is 70.9 Å². The van der Waals surface area contributed by atoms with Crippen LogP contribution in [0.4, 0.5) is 0 Å². The van der Waals surface area contributed by atoms with E-state index in [2.05, 4.69) is 4.90 Å². The standard InChI is InChI=1S/C26H34ClNO5/c1-2-32-21-8-5-17(6-9-21)12-19-13-18(7-10-22(19)27)24-14-23(30)26(31)25(33-24)16-28-11-3-4-20(29)15-28/h5-10,13,20,23-26,29-31H,2-4,11-12,14-16H2,1H3. The number of benzene rings is 2. The second kappa shape index (κ2) is 11.2. The topological polar surface area (TPSA) is 82.4 Å². The summed E-state index contributed by atoms with van der Waals surface area (Å²) in [6.45, 7) is 4.51. The van der Waals surface area contributed by atoms with Crippen LogP contribution in [0.3, 0.4) is 0 Å². The van der Waals surface area contributed by atoms with Gasteiger partial charge in [0.05, 0.1) is 31.0 Å². The molecular formula is C26H34ClNO5. The summed E-state index contributed by atoms with van der Waals surface area (Å²) in [6, 6.07) is 13.8. The highest BCUT2D eigenvalue weighted by Gasteiger charge is 2.38. The first-order valence-corrected chi connectivity index (χ1v) is 12.2. The molecule has 2 aliphatic rings. The number of halogens is 1. The molecule has 6 nitrogen and oxygen atoms in total. The molecule has 2 saturated heterocycles. The Labute approximate surface area is 200 Å². The van der Waals surface area contributed by atoms with Crippen molar-refractivity contribution in [1.82, 2.24) is 4.90 Å². The molecule has 2 aromatic rings. The van der Waals surface area contributed by atoms with E-state index in [1.54, 1.807) is 0 Å². The predicted molar refractivity (Wildman–Crippen MR) is 128 cm³/mol. The summed E-state index contributed by atoms with van der Waals surface area (Å²) >= 11 is 6.50. The van der Waals surface area contributed by atoms with Crippen LogP contribution in [0.5, 0.6) is 5.75 Å². The molecule has 2 aliphatic heterocycles. The summed E-state index contributed by atoms with van der Waals surface area (Å²) in [5.41, 5.74) is 3.05. The highest BCUT2D eigenvalue weighted by molar-refractivity contribution is 6.31. The minimum Gasteiger partial charge on any atom is -0.494 e. The van der Waals surface area contributed by atoms with Crippen molar-refractivity contribution < 1.29 is 24.8 Å². The minimum absolute atomic E-state index is 0.324. The lowest BCUT2D eigenvalue weighted by atomic mass is 9.92. The molecule has 0 spiro atoms. The van der Waals surface area contributed by atoms with Gasteiger partial charge in [-0.3, -0.25) is 4.90 Å². The minimum atomic E-state index is -0.948. The molecule has 2 aromatic carbocycles. The number of likely N-dealkylation sites (tertiary alicyclic amines) is 1. The van der Waals surface area contributed by atoms with Gasteiger partial charge in [0.15, 0.2) is 0 Å². The lowest BCUT2D eigenvalue weighted by Gasteiger charge is -2.41. The van der Waals surface area contributed by atoms with E-state index < -0.39 is 18.3 Å². The smallest absolute Gasteiger partial charge is 0.119 e. The molecule has 33 heavy (non-hydrogen) atoms. The monoisotopic (exact) mass is 475 g/mol. The molecule has 0 aliphatic carbocycles. The van der Waals surface area contributed by atoms with Crippen molar-refractivity contribution >= 4 is 11.6 Å². The van der Waals surface area contributed by atoms with E-state index >= 15 is 0 Å². The third kappa shape index (κ3) is 6.27. The van der Waals surface area contributed by atoms with Crippen LogP contribution in [-0.2, 0) is 11.2 Å². The second-order valence-electron chi connectivity index (χ2n) is 9.12. The molecule has 0 saturated carbocycles. The number of hydrogen-bond donors (Lipinski definition) is 3. The van der Waals surface area contributed by atoms with Gasteiger partial charge in [0.2, 0.25) is 0 Å². The predicted octanol–water partition coefficient (Wildman–Crippen LogP) is 3.34. The SMILES string of the molecule is CCOc1ccc(Cc2cc(C3CC(O)C(O)C(CN4CCCC(O)C4)O3)ccc2Cl)cc1. The molecular weight excluding hydrogens is 442 g/mol. The number of aliphatic hydroxyl groups is 3. The normalized spacial score (nSPS) is 28.6. The van der Waals surface area contributed by atoms with Crippen molar-refractivity contribution in [2.45, 2.75) is 63.1 Å². The first-order chi connectivity index (χ1) is 15.9. The largest absolute Gasteiger partial charge is 0.494 e. The molecule has 5 unspecified atom stereocenters. The molecule has 5 atom stereocenters. The Morgan fingerprint density at radius 3 is 2.64 bits per heavy atom. The van der Waals surface area contributed by atoms with E-state index in [1.165, 1.54) is 0 Å². The third-order valence-corrected chi connectivity index (χ3v) is 6.93. The van der Waals surface area contributed by atoms with Gasteiger partial charge in [-0.2, -0.15) is 0 Å². The van der Waals surface area contributed by atoms with Gasteiger partial charge in [-0.05, 0) is 67.6 Å². The number of nitrogens with zero attached hydrogens (tertiary/aromatic N) is 1. The molecule has 180 valence electrons. The highest BCUT2D eigenvalue weighted by Crippen LogP contribution is 2.34. The van der Waals surface area contributed by atoms with E-state index in [4.69, 9.17) is 21.1 Å². The van der Waals surface area contributed by atoms with Gasteiger partial charge in [-0.15, -0.1) is 0 Å². The van der Waals surface area contributed by atoms with Crippen molar-refractivity contribution in [1.29, 1.82) is 0 Å². The average molecular weight is 476 g/mol. The van der Waals surface area contributed by atoms with E-state index in [-0.39, 0.29) is 12.2 Å². The van der Waals surface area contributed by atoms with Gasteiger partial charge in [-0.25, -0.2) is 0 Å². The molecule has 0 amide bonds. The molecule has 0 aromatic heterocycles. The molecule has 3 N–H and O–H groups in total. The van der Waals surface area contributed by atoms with Crippen LogP contribution in [0.2, 0.25) is 5.02 Å². The zero-order valence-electron chi connectivity index (χ0n) is 19.1. The second-order valence-corrected chi connectivity index (χ2v) is 9.52. The number of β-amino-alcohol motifs (C(OH)–C–C–N with tert-alkyl or cyclic N) is 1. The summed E-state index contributed by atoms with van der Waals surface area (Å²) in [6.07, 6.45) is -0.295. The third-order valence-electron chi connectivity index (χ3n) is 6.56. The van der Waals surface area contributed by atoms with E-state index in [1.807, 2.05) is 49.4 Å². The van der Waals surface area contributed by atoms with Crippen LogP contribution in [0.15, 0.2) is 42.5 Å². The Morgan fingerprint density at radius 2 is 1.91 bits per heavy atom. The number of ether oxygens (including phenoxy) is 2. The molecule has 0 bridgehead atoms. The van der Waals surface area contributed by atoms with Gasteiger partial charge >= 0.3 is 0 Å². The molecule has 2 fully saturated rings. The molecule has 4 rings (SSSR count). The maximum atomic E-state index is 10.6. The summed E-state index contributed by atoms with van der Waals surface area (Å²) in [4.78, 5) is 2.11. The Hall–Kier alpha value is -1.67. The van der Waals surface area contributed by atoms with Crippen molar-refractivity contribution in [2.24, 2.45) is 0 Å². The summed E-state index contributed by atoms with van der Waals surface area (Å²) in [5.74, 6) is 0.844. The van der Waals surface area contributed by atoms with Gasteiger partial charge in [0, 0.05) is 24.5 Å². The molecule has 0 radical (unpaired) electrons. The number of hydrogen-bond acceptors (Lipinski definition) is 6. The van der Waals surface area contributed by atoms with Crippen molar-refractivity contribution in [3.05, 3.63) is 64.2 Å². The van der Waals surface area contributed by atoms with Crippen LogP contribution in [0.25, 0.3) is 0 Å². The van der Waals surface area contributed by atoms with E-state index in [9.17, 15) is 15.3 Å². The first kappa shape index (κ1) is 24.5. The fourth-order valence-corrected chi connectivity index (χ4v) is 4.98. The van der Waals surface area contributed by atoms with Crippen LogP contribution >= 0.6 is 11.6 Å². The van der Waals surface area contributed by atoms with Crippen molar-refractivity contribution in [3.8, 4) is 5.75 Å². The lowest BCUT2D eigenvalue weighted by molar-refractivity contribution is -0.177. The lowest BCUT2D eigenvalue weighted by Crippen LogP contribution is -2.52. The fraction of sp³-hybridized carbons (Fsp3) is 0.538.